The minimum atomic E-state index is -1.81. The number of allylic oxidation sites excluding steroid dienone is 1. The van der Waals surface area contributed by atoms with Gasteiger partial charge in [-0.05, 0) is 81.8 Å². The smallest absolute Gasteiger partial charge is 0.311 e. The first kappa shape index (κ1) is 121. The summed E-state index contributed by atoms with van der Waals surface area (Å²) in [6.07, 6.45) is 36.0. The largest absolute Gasteiger partial charge is 0.455 e. The second kappa shape index (κ2) is 76.2. The third-order valence-corrected chi connectivity index (χ3v) is 27.5. The lowest BCUT2D eigenvalue weighted by Gasteiger charge is -2.46. The van der Waals surface area contributed by atoms with E-state index in [1.807, 2.05) is 13.0 Å². The molecular formula is C103H192O26S. The van der Waals surface area contributed by atoms with Crippen LogP contribution in [0.25, 0.3) is 0 Å². The van der Waals surface area contributed by atoms with Crippen LogP contribution in [0.5, 0.6) is 0 Å². The van der Waals surface area contributed by atoms with Crippen molar-refractivity contribution < 1.29 is 128 Å². The molecule has 4 fully saturated rings. The highest BCUT2D eigenvalue weighted by Crippen LogP contribution is 2.37. The molecule has 0 radical (unpaired) electrons. The average Bonchev–Trinajstić information content (AvgIpc) is 0.784. The van der Waals surface area contributed by atoms with Crippen LogP contribution in [0.2, 0.25) is 0 Å². The molecule has 0 aromatic rings. The fourth-order valence-electron chi connectivity index (χ4n) is 18.6. The zero-order chi connectivity index (χ0) is 95.6. The van der Waals surface area contributed by atoms with Crippen molar-refractivity contribution >= 4 is 36.5 Å². The number of hydrogen-bond acceptors (Lipinski definition) is 27. The Morgan fingerprint density at radius 1 is 0.338 bits per heavy atom. The lowest BCUT2D eigenvalue weighted by Crippen LogP contribution is -2.65. The van der Waals surface area contributed by atoms with Crippen molar-refractivity contribution in [2.24, 2.45) is 29.6 Å². The van der Waals surface area contributed by atoms with Crippen LogP contribution in [0, 0.1) is 29.6 Å². The molecule has 4 rings (SSSR count). The van der Waals surface area contributed by atoms with E-state index in [1.54, 1.807) is 20.8 Å². The molecule has 8 unspecified atom stereocenters. The number of esters is 4. The number of carbonyl (C=O) groups is 4. The van der Waals surface area contributed by atoms with Crippen molar-refractivity contribution in [3.05, 3.63) is 12.7 Å². The van der Waals surface area contributed by atoms with Gasteiger partial charge in [0, 0.05) is 12.8 Å². The molecule has 26 atom stereocenters. The van der Waals surface area contributed by atoms with Gasteiger partial charge in [0.1, 0.15) is 67.1 Å². The van der Waals surface area contributed by atoms with E-state index in [2.05, 4.69) is 46.9 Å². The standard InChI is InChI=1S/C56H106O13S.C47H86O13/c1-6-8-9-10-11-12-13-14-15-16-18-21-24-27-30-33-36-41(3)39-42(4)47(59)43(5)54(64)68-52-49(61)45(40-57)66-56(69-55-51(63)50(62)48(60)44(7-2)65-55)53(52)67-46(58)37-34-31-28-25-22-19-17-20-23-26-29-32-35-38-70;1-5-7-9-11-13-15-17-18-20-22-24-26-28-30-38(50)58-44-43(40(52)37(33-49)57-47(44)60-46-42(54)41(53)39(51)36(32-48)56-46)59-45(55)35(4)31-34(3)29-27-25-23-21-19-16-14-12-10-8-6-2/h41-45,47-53,55-57,59-63,70H,6-40H2,1-5H3;6,34-37,39-44,46-49,51-54H,2,5,7-33H2,1,3-4H3/t41-,42-,43-,44?,45?,47+,48+,49+,50+,51?,52?,53-,55+,56+;34-,35-,36?,37?,39+,40+,41+,42?,43?,44-,46+,47+/m00/s1. The molecule has 0 aromatic carbocycles. The molecule has 0 spiro atoms. The normalized spacial score (nSPS) is 27.3. The predicted molar refractivity (Wildman–Crippen MR) is 511 cm³/mol. The third-order valence-electron chi connectivity index (χ3n) is 27.2. The van der Waals surface area contributed by atoms with Crippen molar-refractivity contribution in [3.63, 3.8) is 0 Å². The van der Waals surface area contributed by atoms with Crippen LogP contribution in [0.15, 0.2) is 12.7 Å². The monoisotopic (exact) mass is 1880 g/mol. The molecule has 4 aliphatic heterocycles. The second-order valence-electron chi connectivity index (χ2n) is 39.1. The molecule has 26 nitrogen and oxygen atoms in total. The van der Waals surface area contributed by atoms with Gasteiger partial charge in [-0.3, -0.25) is 19.2 Å². The summed E-state index contributed by atoms with van der Waals surface area (Å²) in [6.45, 7) is 17.3. The van der Waals surface area contributed by atoms with Gasteiger partial charge in [0.05, 0.1) is 43.9 Å². The van der Waals surface area contributed by atoms with Crippen LogP contribution in [0.4, 0.5) is 0 Å². The van der Waals surface area contributed by atoms with E-state index in [4.69, 9.17) is 47.4 Å². The van der Waals surface area contributed by atoms with Crippen LogP contribution >= 0.6 is 12.6 Å². The van der Waals surface area contributed by atoms with Gasteiger partial charge < -0.3 is 109 Å². The zero-order valence-corrected chi connectivity index (χ0v) is 83.3. The van der Waals surface area contributed by atoms with Crippen LogP contribution < -0.4 is 0 Å². The fourth-order valence-corrected chi connectivity index (χ4v) is 18.8. The molecule has 130 heavy (non-hydrogen) atoms. The van der Waals surface area contributed by atoms with Gasteiger partial charge in [-0.2, -0.15) is 12.6 Å². The predicted octanol–water partition coefficient (Wildman–Crippen LogP) is 18.1. The molecule has 0 aromatic heterocycles. The van der Waals surface area contributed by atoms with Crippen LogP contribution in [0.1, 0.15) is 434 Å². The van der Waals surface area contributed by atoms with Crippen molar-refractivity contribution in [2.45, 2.75) is 563 Å². The molecular weight excluding hydrogens is 1690 g/mol. The maximum absolute atomic E-state index is 13.9. The van der Waals surface area contributed by atoms with Crippen LogP contribution in [-0.2, 0) is 66.5 Å². The topological polar surface area (TPSA) is 403 Å². The third kappa shape index (κ3) is 50.7. The van der Waals surface area contributed by atoms with Crippen molar-refractivity contribution in [1.29, 1.82) is 0 Å². The Hall–Kier alpha value is -2.75. The Bertz CT molecular complexity index is 2740. The number of thiol groups is 1. The molecule has 12 N–H and O–H groups in total. The summed E-state index contributed by atoms with van der Waals surface area (Å²) in [5, 5.41) is 128. The quantitative estimate of drug-likeness (QED) is 0.00884. The summed E-state index contributed by atoms with van der Waals surface area (Å²) < 4.78 is 58.5. The lowest BCUT2D eigenvalue weighted by molar-refractivity contribution is -0.377. The number of unbranched alkanes of at least 4 members (excludes halogenated alkanes) is 48. The molecule has 4 saturated heterocycles. The first-order valence-corrected chi connectivity index (χ1v) is 53.3. The van der Waals surface area contributed by atoms with Crippen molar-refractivity contribution in [3.8, 4) is 0 Å². The number of ether oxygens (including phenoxy) is 10. The fraction of sp³-hybridized carbons (Fsp3) is 0.942. The van der Waals surface area contributed by atoms with Crippen molar-refractivity contribution in [1.82, 2.24) is 0 Å². The zero-order valence-electron chi connectivity index (χ0n) is 82.4. The molecule has 0 bridgehead atoms. The van der Waals surface area contributed by atoms with Crippen LogP contribution in [-0.4, -0.2) is 240 Å². The lowest BCUT2D eigenvalue weighted by atomic mass is 9.85. The maximum atomic E-state index is 13.9. The molecule has 766 valence electrons. The van der Waals surface area contributed by atoms with E-state index in [0.717, 1.165) is 95.6 Å². The van der Waals surface area contributed by atoms with E-state index in [1.165, 1.54) is 244 Å². The number of rotatable bonds is 78. The maximum Gasteiger partial charge on any atom is 0.311 e. The van der Waals surface area contributed by atoms with Crippen molar-refractivity contribution in [2.75, 3.05) is 25.6 Å². The molecule has 4 aliphatic rings. The summed E-state index contributed by atoms with van der Waals surface area (Å²) in [6, 6.07) is 0. The molecule has 0 saturated carbocycles. The summed E-state index contributed by atoms with van der Waals surface area (Å²) >= 11 is 4.28. The first-order valence-electron chi connectivity index (χ1n) is 52.7. The van der Waals surface area contributed by atoms with Gasteiger partial charge in [-0.25, -0.2) is 0 Å². The SMILES string of the molecule is C=CCCCCCCCCCCC[C@H](C)C[C@H](C)C(=O)OC1[C@H](O)C(CO)O[C@H](O[C@H]2OC(CO)[C@@H](O)[C@@H](O)C2O)[C@H]1OC(=O)CCCCCCCCCCCCCCC.CCCCCCCCCCCCCCCCCC[C@H](C)C[C@H](C)[C@@H](O)[C@H](C)C(=O)OC1[C@H](O)C(CO)O[C@H](O[C@H]2OC(CC)[C@@H](O)[C@@H](O)C2O)[C@H]1OC(=O)CCCCCCCCCCCCCCCS. The first-order chi connectivity index (χ1) is 62.8. The average molecular weight is 1880 g/mol. The van der Waals surface area contributed by atoms with Crippen LogP contribution in [0.3, 0.4) is 0 Å². The highest BCUT2D eigenvalue weighted by atomic mass is 32.1. The molecule has 27 heteroatoms. The van der Waals surface area contributed by atoms with E-state index in [9.17, 15) is 80.5 Å². The van der Waals surface area contributed by atoms with E-state index < -0.39 is 184 Å². The summed E-state index contributed by atoms with van der Waals surface area (Å²) in [4.78, 5) is 54.3. The highest BCUT2D eigenvalue weighted by Gasteiger charge is 2.56. The van der Waals surface area contributed by atoms with Gasteiger partial charge in [-0.1, -0.05) is 369 Å². The van der Waals surface area contributed by atoms with Gasteiger partial charge in [0.2, 0.25) is 12.6 Å². The van der Waals surface area contributed by atoms with E-state index in [0.29, 0.717) is 31.6 Å². The van der Waals surface area contributed by atoms with Gasteiger partial charge in [0.15, 0.2) is 37.0 Å². The number of carbonyl (C=O) groups excluding carboxylic acids is 4. The Morgan fingerprint density at radius 3 is 0.969 bits per heavy atom. The van der Waals surface area contributed by atoms with Gasteiger partial charge in [0.25, 0.3) is 0 Å². The minimum absolute atomic E-state index is 0.0340. The molecule has 0 amide bonds. The minimum Gasteiger partial charge on any atom is -0.455 e. The Morgan fingerprint density at radius 2 is 0.631 bits per heavy atom. The molecule has 0 aliphatic carbocycles. The summed E-state index contributed by atoms with van der Waals surface area (Å²) in [7, 11) is 0. The summed E-state index contributed by atoms with van der Waals surface area (Å²) in [5.74, 6) is -3.04. The Labute approximate surface area is 791 Å². The van der Waals surface area contributed by atoms with Gasteiger partial charge in [-0.15, -0.1) is 6.58 Å². The number of aliphatic hydroxyl groups excluding tert-OH is 12. The van der Waals surface area contributed by atoms with E-state index in [-0.39, 0.29) is 31.1 Å². The second-order valence-corrected chi connectivity index (χ2v) is 39.5. The Balaban J connectivity index is 0.000000678. The number of aliphatic hydroxyl groups is 12. The summed E-state index contributed by atoms with van der Waals surface area (Å²) in [5.41, 5.74) is 0. The molecule has 4 heterocycles. The van der Waals surface area contributed by atoms with E-state index >= 15 is 0 Å². The highest BCUT2D eigenvalue weighted by molar-refractivity contribution is 7.80. The van der Waals surface area contributed by atoms with Gasteiger partial charge >= 0.3 is 23.9 Å². The Kier molecular flexibility index (Phi) is 71.1. The number of hydrogen-bond donors (Lipinski definition) is 13.